The van der Waals surface area contributed by atoms with Crippen LogP contribution in [0.1, 0.15) is 12.5 Å². The van der Waals surface area contributed by atoms with Gasteiger partial charge in [-0.15, -0.1) is 0 Å². The smallest absolute Gasteiger partial charge is 0.321 e. The molecule has 37 heavy (non-hydrogen) atoms. The molecule has 1 unspecified atom stereocenters. The van der Waals surface area contributed by atoms with E-state index in [1.807, 2.05) is 41.9 Å². The number of rotatable bonds is 5. The first-order valence-corrected chi connectivity index (χ1v) is 11.7. The number of amides is 1. The highest BCUT2D eigenvalue weighted by atomic mass is 19.1. The van der Waals surface area contributed by atoms with Crippen molar-refractivity contribution < 1.29 is 13.9 Å². The van der Waals surface area contributed by atoms with Gasteiger partial charge in [0.25, 0.3) is 5.91 Å². The van der Waals surface area contributed by atoms with E-state index in [1.54, 1.807) is 36.9 Å². The number of nitrogens with one attached hydrogen (secondary N) is 2. The highest BCUT2D eigenvalue weighted by Crippen LogP contribution is 2.46. The van der Waals surface area contributed by atoms with Gasteiger partial charge in [-0.3, -0.25) is 4.79 Å². The van der Waals surface area contributed by atoms with Crippen LogP contribution in [-0.2, 0) is 18.4 Å². The third kappa shape index (κ3) is 4.02. The Morgan fingerprint density at radius 2 is 1.89 bits per heavy atom. The number of alkyl halides is 1. The molecule has 2 N–H and O–H groups in total. The molecule has 3 aromatic heterocycles. The third-order valence-corrected chi connectivity index (χ3v) is 6.30. The minimum atomic E-state index is -1.59. The molecule has 4 heterocycles. The lowest BCUT2D eigenvalue weighted by molar-refractivity contribution is -0.120. The maximum atomic E-state index is 13.3. The molecule has 5 aromatic rings. The Kier molecular flexibility index (Phi) is 5.48. The molecule has 2 aromatic carbocycles. The molecule has 1 amide bonds. The van der Waals surface area contributed by atoms with Crippen LogP contribution >= 0.6 is 0 Å². The Morgan fingerprint density at radius 3 is 2.65 bits per heavy atom. The highest BCUT2D eigenvalue weighted by molar-refractivity contribution is 6.09. The van der Waals surface area contributed by atoms with Crippen LogP contribution in [0.15, 0.2) is 67.3 Å². The molecular weight excluding hydrogens is 473 g/mol. The first kappa shape index (κ1) is 22.6. The summed E-state index contributed by atoms with van der Waals surface area (Å²) in [6.45, 7) is 1.75. The number of fused-ring (bicyclic) bond motifs is 2. The topological polar surface area (TPSA) is 107 Å². The summed E-state index contributed by atoms with van der Waals surface area (Å²) in [6.07, 6.45) is 3.22. The monoisotopic (exact) mass is 495 g/mol. The Hall–Kier alpha value is -4.86. The average molecular weight is 496 g/mol. The fourth-order valence-electron chi connectivity index (χ4n) is 4.59. The maximum Gasteiger partial charge on any atom is 0.321 e. The molecule has 0 spiro atoms. The largest absolute Gasteiger partial charge is 0.424 e. The first-order valence-electron chi connectivity index (χ1n) is 11.7. The number of aryl methyl sites for hydroxylation is 1. The van der Waals surface area contributed by atoms with Gasteiger partial charge < -0.3 is 19.9 Å². The number of ether oxygens (including phenoxy) is 1. The van der Waals surface area contributed by atoms with Crippen LogP contribution in [0.25, 0.3) is 33.4 Å². The number of benzene rings is 2. The second kappa shape index (κ2) is 8.98. The summed E-state index contributed by atoms with van der Waals surface area (Å²) in [5, 5.41) is 6.94. The highest BCUT2D eigenvalue weighted by Gasteiger charge is 2.26. The minimum absolute atomic E-state index is 0.273. The lowest BCUT2D eigenvalue weighted by Gasteiger charge is -2.14. The van der Waals surface area contributed by atoms with E-state index in [0.717, 1.165) is 44.8 Å². The van der Waals surface area contributed by atoms with Crippen molar-refractivity contribution in [3.05, 3.63) is 72.8 Å². The molecule has 1 aliphatic rings. The second-order valence-corrected chi connectivity index (χ2v) is 8.69. The molecule has 1 aliphatic heterocycles. The van der Waals surface area contributed by atoms with Crippen molar-refractivity contribution in [2.24, 2.45) is 7.05 Å². The summed E-state index contributed by atoms with van der Waals surface area (Å²) >= 11 is 0. The van der Waals surface area contributed by atoms with Crippen LogP contribution in [0.2, 0.25) is 0 Å². The number of aromatic nitrogens is 5. The van der Waals surface area contributed by atoms with E-state index < -0.39 is 12.1 Å². The first-order chi connectivity index (χ1) is 18.0. The molecule has 0 fully saturated rings. The van der Waals surface area contributed by atoms with Crippen molar-refractivity contribution in [3.63, 3.8) is 0 Å². The van der Waals surface area contributed by atoms with Gasteiger partial charge in [-0.25, -0.2) is 24.3 Å². The Labute approximate surface area is 211 Å². The zero-order chi connectivity index (χ0) is 25.5. The summed E-state index contributed by atoms with van der Waals surface area (Å²) in [4.78, 5) is 29.1. The van der Waals surface area contributed by atoms with Gasteiger partial charge in [0.1, 0.15) is 23.5 Å². The van der Waals surface area contributed by atoms with E-state index in [0.29, 0.717) is 18.0 Å². The van der Waals surface area contributed by atoms with E-state index in [-0.39, 0.29) is 6.01 Å². The summed E-state index contributed by atoms with van der Waals surface area (Å²) in [7, 11) is 1.96. The van der Waals surface area contributed by atoms with Gasteiger partial charge in [-0.2, -0.15) is 0 Å². The SMILES string of the molecule is CC(F)C(=O)Nc1ccc(-c2c3c4c(ncnc4n2C)NCc2cc(Oc4ncccn4)ccc2-3)cc1. The van der Waals surface area contributed by atoms with Crippen LogP contribution in [0.4, 0.5) is 15.9 Å². The second-order valence-electron chi connectivity index (χ2n) is 8.69. The molecule has 9 nitrogen and oxygen atoms in total. The van der Waals surface area contributed by atoms with Gasteiger partial charge in [0.05, 0.1) is 11.1 Å². The predicted molar refractivity (Wildman–Crippen MR) is 138 cm³/mol. The number of nitrogens with zero attached hydrogens (tertiary/aromatic N) is 5. The maximum absolute atomic E-state index is 13.3. The third-order valence-electron chi connectivity index (χ3n) is 6.30. The van der Waals surface area contributed by atoms with Crippen LogP contribution < -0.4 is 15.4 Å². The summed E-state index contributed by atoms with van der Waals surface area (Å²) in [6, 6.07) is 15.2. The Morgan fingerprint density at radius 1 is 1.11 bits per heavy atom. The number of hydrogen-bond acceptors (Lipinski definition) is 7. The molecule has 0 bridgehead atoms. The lowest BCUT2D eigenvalue weighted by Crippen LogP contribution is -2.20. The molecule has 0 saturated heterocycles. The van der Waals surface area contributed by atoms with E-state index in [1.165, 1.54) is 6.92 Å². The number of carbonyl (C=O) groups excluding carboxylic acids is 1. The zero-order valence-electron chi connectivity index (χ0n) is 20.1. The summed E-state index contributed by atoms with van der Waals surface area (Å²) in [5.74, 6) is 0.690. The molecule has 0 saturated carbocycles. The van der Waals surface area contributed by atoms with Crippen molar-refractivity contribution in [1.29, 1.82) is 0 Å². The van der Waals surface area contributed by atoms with Gasteiger partial charge >= 0.3 is 6.01 Å². The fourth-order valence-corrected chi connectivity index (χ4v) is 4.59. The fraction of sp³-hybridized carbons (Fsp3) is 0.148. The van der Waals surface area contributed by atoms with Crippen molar-refractivity contribution in [3.8, 4) is 34.1 Å². The lowest BCUT2D eigenvalue weighted by atomic mass is 9.95. The molecule has 1 atom stereocenters. The average Bonchev–Trinajstić information content (AvgIpc) is 3.10. The molecule has 0 radical (unpaired) electrons. The number of anilines is 2. The van der Waals surface area contributed by atoms with Crippen molar-refractivity contribution in [1.82, 2.24) is 24.5 Å². The summed E-state index contributed by atoms with van der Waals surface area (Å²) < 4.78 is 21.2. The van der Waals surface area contributed by atoms with Gasteiger partial charge in [0, 0.05) is 37.2 Å². The van der Waals surface area contributed by atoms with Gasteiger partial charge in [0.2, 0.25) is 0 Å². The van der Waals surface area contributed by atoms with Gasteiger partial charge in [-0.1, -0.05) is 18.2 Å². The van der Waals surface area contributed by atoms with E-state index in [9.17, 15) is 9.18 Å². The van der Waals surface area contributed by atoms with Crippen molar-refractivity contribution >= 4 is 28.4 Å². The van der Waals surface area contributed by atoms with Crippen molar-refractivity contribution in [2.75, 3.05) is 10.6 Å². The van der Waals surface area contributed by atoms with Crippen LogP contribution in [0.3, 0.4) is 0 Å². The number of hydrogen-bond donors (Lipinski definition) is 2. The van der Waals surface area contributed by atoms with Crippen LogP contribution in [0.5, 0.6) is 11.8 Å². The summed E-state index contributed by atoms with van der Waals surface area (Å²) in [5.41, 5.74) is 6.20. The van der Waals surface area contributed by atoms with E-state index in [2.05, 4.69) is 30.6 Å². The number of halogens is 1. The molecule has 10 heteroatoms. The molecule has 0 aliphatic carbocycles. The van der Waals surface area contributed by atoms with E-state index >= 15 is 0 Å². The normalized spacial score (nSPS) is 12.8. The molecular formula is C27H22FN7O2. The van der Waals surface area contributed by atoms with Crippen LogP contribution in [0, 0.1) is 0 Å². The van der Waals surface area contributed by atoms with E-state index in [4.69, 9.17) is 4.74 Å². The number of carbonyl (C=O) groups is 1. The standard InChI is InChI=1S/C27H22FN7O2/c1-15(28)26(36)34-18-6-4-16(5-7-18)23-21-20-9-8-19(37-27-29-10-3-11-30-27)12-17(20)13-31-24-22(21)25(35(23)2)33-14-32-24/h3-12,14-15H,13H2,1-2H3,(H,34,36)(H,31,32,33). The minimum Gasteiger partial charge on any atom is -0.424 e. The molecule has 184 valence electrons. The van der Waals surface area contributed by atoms with Gasteiger partial charge in [0.15, 0.2) is 6.17 Å². The predicted octanol–water partition coefficient (Wildman–Crippen LogP) is 5.11. The van der Waals surface area contributed by atoms with Crippen LogP contribution in [-0.4, -0.2) is 36.6 Å². The Balaban J connectivity index is 1.47. The van der Waals surface area contributed by atoms with Gasteiger partial charge in [-0.05, 0) is 53.9 Å². The Bertz CT molecular complexity index is 1630. The quantitative estimate of drug-likeness (QED) is 0.349. The zero-order valence-corrected chi connectivity index (χ0v) is 20.1. The van der Waals surface area contributed by atoms with Crippen molar-refractivity contribution in [2.45, 2.75) is 19.6 Å². The molecule has 6 rings (SSSR count).